The molecule has 0 radical (unpaired) electrons. The maximum absolute atomic E-state index is 12.3. The average molecular weight is 440 g/mol. The van der Waals surface area contributed by atoms with E-state index in [1.54, 1.807) is 26.2 Å². The Kier molecular flexibility index (Phi) is 7.85. The normalized spacial score (nSPS) is 18.7. The van der Waals surface area contributed by atoms with Gasteiger partial charge in [-0.3, -0.25) is 19.8 Å². The SMILES string of the molecule is COc1cccc([C@H]2CN(Cc3ccccc3[N+](=O)[O-])C[C@H]2CN(CC(C)C)C(C)=O)c1. The van der Waals surface area contributed by atoms with E-state index < -0.39 is 0 Å². The van der Waals surface area contributed by atoms with Crippen LogP contribution in [0.2, 0.25) is 0 Å². The summed E-state index contributed by atoms with van der Waals surface area (Å²) in [5.41, 5.74) is 2.04. The smallest absolute Gasteiger partial charge is 0.273 e. The first-order valence-electron chi connectivity index (χ1n) is 11.1. The lowest BCUT2D eigenvalue weighted by Crippen LogP contribution is -2.38. The van der Waals surface area contributed by atoms with Gasteiger partial charge in [0.25, 0.3) is 5.69 Å². The Hall–Kier alpha value is -2.93. The van der Waals surface area contributed by atoms with Gasteiger partial charge in [-0.1, -0.05) is 44.2 Å². The zero-order chi connectivity index (χ0) is 23.3. The molecule has 2 aromatic carbocycles. The molecule has 0 bridgehead atoms. The number of nitro groups is 1. The summed E-state index contributed by atoms with van der Waals surface area (Å²) in [5, 5.41) is 11.5. The Morgan fingerprint density at radius 2 is 1.97 bits per heavy atom. The lowest BCUT2D eigenvalue weighted by Gasteiger charge is -2.29. The number of carbonyl (C=O) groups excluding carboxylic acids is 1. The molecule has 1 aliphatic heterocycles. The Morgan fingerprint density at radius 1 is 1.22 bits per heavy atom. The number of benzene rings is 2. The van der Waals surface area contributed by atoms with Gasteiger partial charge in [0.15, 0.2) is 0 Å². The first kappa shape index (κ1) is 23.7. The van der Waals surface area contributed by atoms with Crippen LogP contribution in [0.3, 0.4) is 0 Å². The van der Waals surface area contributed by atoms with Gasteiger partial charge in [-0.15, -0.1) is 0 Å². The average Bonchev–Trinajstić information content (AvgIpc) is 3.15. The molecule has 2 atom stereocenters. The molecule has 7 heteroatoms. The lowest BCUT2D eigenvalue weighted by atomic mass is 9.88. The summed E-state index contributed by atoms with van der Waals surface area (Å²) in [5.74, 6) is 1.72. The van der Waals surface area contributed by atoms with Gasteiger partial charge in [-0.2, -0.15) is 0 Å². The van der Waals surface area contributed by atoms with Crippen LogP contribution < -0.4 is 4.74 Å². The van der Waals surface area contributed by atoms with Crippen molar-refractivity contribution in [2.24, 2.45) is 11.8 Å². The minimum atomic E-state index is -0.317. The van der Waals surface area contributed by atoms with Crippen molar-refractivity contribution in [3.05, 3.63) is 69.8 Å². The highest BCUT2D eigenvalue weighted by Crippen LogP contribution is 2.36. The number of ether oxygens (including phenoxy) is 1. The number of hydrogen-bond donors (Lipinski definition) is 0. The second-order valence-corrected chi connectivity index (χ2v) is 9.04. The summed E-state index contributed by atoms with van der Waals surface area (Å²) in [6.07, 6.45) is 0. The van der Waals surface area contributed by atoms with Crippen LogP contribution in [0.5, 0.6) is 5.75 Å². The van der Waals surface area contributed by atoms with Gasteiger partial charge >= 0.3 is 0 Å². The van der Waals surface area contributed by atoms with Gasteiger partial charge in [0.1, 0.15) is 5.75 Å². The highest BCUT2D eigenvalue weighted by molar-refractivity contribution is 5.73. The molecule has 0 aromatic heterocycles. The zero-order valence-electron chi connectivity index (χ0n) is 19.4. The van der Waals surface area contributed by atoms with Crippen LogP contribution >= 0.6 is 0 Å². The number of amides is 1. The number of nitrogens with zero attached hydrogens (tertiary/aromatic N) is 3. The summed E-state index contributed by atoms with van der Waals surface area (Å²) in [6.45, 7) is 9.31. The molecule has 1 amide bonds. The summed E-state index contributed by atoms with van der Waals surface area (Å²) >= 11 is 0. The Bertz CT molecular complexity index is 946. The van der Waals surface area contributed by atoms with E-state index >= 15 is 0 Å². The van der Waals surface area contributed by atoms with E-state index in [1.165, 1.54) is 5.56 Å². The number of nitro benzene ring substituents is 1. The molecule has 1 aliphatic rings. The third kappa shape index (κ3) is 5.85. The van der Waals surface area contributed by atoms with Crippen molar-refractivity contribution in [1.82, 2.24) is 9.80 Å². The molecule has 172 valence electrons. The molecular formula is C25H33N3O4. The van der Waals surface area contributed by atoms with E-state index in [-0.39, 0.29) is 28.4 Å². The maximum atomic E-state index is 12.3. The van der Waals surface area contributed by atoms with Crippen molar-refractivity contribution in [1.29, 1.82) is 0 Å². The topological polar surface area (TPSA) is 75.9 Å². The number of carbonyl (C=O) groups is 1. The van der Waals surface area contributed by atoms with Crippen molar-refractivity contribution < 1.29 is 14.5 Å². The van der Waals surface area contributed by atoms with Gasteiger partial charge in [0.05, 0.1) is 12.0 Å². The third-order valence-corrected chi connectivity index (χ3v) is 6.11. The highest BCUT2D eigenvalue weighted by atomic mass is 16.6. The van der Waals surface area contributed by atoms with Crippen molar-refractivity contribution in [3.63, 3.8) is 0 Å². The summed E-state index contributed by atoms with van der Waals surface area (Å²) < 4.78 is 5.43. The van der Waals surface area contributed by atoms with Crippen LogP contribution in [0, 0.1) is 22.0 Å². The fourth-order valence-electron chi connectivity index (χ4n) is 4.64. The molecule has 1 saturated heterocycles. The van der Waals surface area contributed by atoms with Crippen LogP contribution in [0.25, 0.3) is 0 Å². The highest BCUT2D eigenvalue weighted by Gasteiger charge is 2.36. The van der Waals surface area contributed by atoms with Crippen molar-refractivity contribution in [2.75, 3.05) is 33.3 Å². The third-order valence-electron chi connectivity index (χ3n) is 6.11. The molecule has 0 spiro atoms. The van der Waals surface area contributed by atoms with Gasteiger partial charge in [-0.25, -0.2) is 0 Å². The van der Waals surface area contributed by atoms with Crippen molar-refractivity contribution in [3.8, 4) is 5.75 Å². The molecule has 0 aliphatic carbocycles. The molecule has 3 rings (SSSR count). The van der Waals surface area contributed by atoms with Crippen molar-refractivity contribution in [2.45, 2.75) is 33.2 Å². The maximum Gasteiger partial charge on any atom is 0.273 e. The number of rotatable bonds is 9. The van der Waals surface area contributed by atoms with Crippen LogP contribution in [-0.2, 0) is 11.3 Å². The molecule has 1 fully saturated rings. The fraction of sp³-hybridized carbons (Fsp3) is 0.480. The second-order valence-electron chi connectivity index (χ2n) is 9.04. The largest absolute Gasteiger partial charge is 0.497 e. The quantitative estimate of drug-likeness (QED) is 0.430. The first-order chi connectivity index (χ1) is 15.3. The fourth-order valence-corrected chi connectivity index (χ4v) is 4.64. The van der Waals surface area contributed by atoms with Crippen LogP contribution in [0.1, 0.15) is 37.8 Å². The van der Waals surface area contributed by atoms with Gasteiger partial charge < -0.3 is 9.64 Å². The van der Waals surface area contributed by atoms with Gasteiger partial charge in [-0.05, 0) is 29.5 Å². The molecule has 32 heavy (non-hydrogen) atoms. The number of para-hydroxylation sites is 1. The second kappa shape index (κ2) is 10.6. The van der Waals surface area contributed by atoms with E-state index in [0.717, 1.165) is 25.4 Å². The number of methoxy groups -OCH3 is 1. The van der Waals surface area contributed by atoms with Crippen LogP contribution in [0.4, 0.5) is 5.69 Å². The predicted molar refractivity (Wildman–Crippen MR) is 125 cm³/mol. The molecule has 0 unspecified atom stereocenters. The molecular weight excluding hydrogens is 406 g/mol. The standard InChI is InChI=1S/C25H33N3O4/c1-18(2)13-27(19(3)29)16-22-15-26(14-21-8-5-6-11-25(21)28(30)31)17-24(22)20-9-7-10-23(12-20)32-4/h5-12,18,22,24H,13-17H2,1-4H3/t22-,24+/m0/s1. The zero-order valence-corrected chi connectivity index (χ0v) is 19.4. The summed E-state index contributed by atoms with van der Waals surface area (Å²) in [6, 6.07) is 15.0. The monoisotopic (exact) mass is 439 g/mol. The molecule has 0 saturated carbocycles. The molecule has 1 heterocycles. The number of hydrogen-bond acceptors (Lipinski definition) is 5. The van der Waals surface area contributed by atoms with Crippen LogP contribution in [-0.4, -0.2) is 53.9 Å². The van der Waals surface area contributed by atoms with E-state index in [9.17, 15) is 14.9 Å². The van der Waals surface area contributed by atoms with Crippen molar-refractivity contribution >= 4 is 11.6 Å². The van der Waals surface area contributed by atoms with E-state index in [4.69, 9.17) is 4.74 Å². The van der Waals surface area contributed by atoms with Gasteiger partial charge in [0.2, 0.25) is 5.91 Å². The summed E-state index contributed by atoms with van der Waals surface area (Å²) in [7, 11) is 1.66. The van der Waals surface area contributed by atoms with E-state index in [1.807, 2.05) is 29.2 Å². The first-order valence-corrected chi connectivity index (χ1v) is 11.1. The minimum Gasteiger partial charge on any atom is -0.497 e. The molecule has 0 N–H and O–H groups in total. The molecule has 2 aromatic rings. The summed E-state index contributed by atoms with van der Waals surface area (Å²) in [4.78, 5) is 27.7. The Morgan fingerprint density at radius 3 is 2.62 bits per heavy atom. The predicted octanol–water partition coefficient (Wildman–Crippen LogP) is 4.32. The van der Waals surface area contributed by atoms with Gasteiger partial charge in [0, 0.05) is 57.2 Å². The Balaban J connectivity index is 1.86. The van der Waals surface area contributed by atoms with E-state index in [0.29, 0.717) is 24.6 Å². The van der Waals surface area contributed by atoms with Crippen LogP contribution in [0.15, 0.2) is 48.5 Å². The van der Waals surface area contributed by atoms with E-state index in [2.05, 4.69) is 30.9 Å². The minimum absolute atomic E-state index is 0.0836. The molecule has 7 nitrogen and oxygen atoms in total. The Labute approximate surface area is 190 Å². The lowest BCUT2D eigenvalue weighted by molar-refractivity contribution is -0.385. The number of likely N-dealkylation sites (tertiary alicyclic amines) is 1.